The molecule has 2 fully saturated rings. The van der Waals surface area contributed by atoms with Gasteiger partial charge in [-0.25, -0.2) is 4.98 Å². The lowest BCUT2D eigenvalue weighted by molar-refractivity contribution is 0.0701. The highest BCUT2D eigenvalue weighted by Crippen LogP contribution is 2.31. The predicted octanol–water partition coefficient (Wildman–Crippen LogP) is 3.09. The van der Waals surface area contributed by atoms with Crippen molar-refractivity contribution in [2.45, 2.75) is 32.2 Å². The molecule has 122 valence electrons. The zero-order valence-electron chi connectivity index (χ0n) is 13.2. The van der Waals surface area contributed by atoms with E-state index in [1.165, 1.54) is 0 Å². The van der Waals surface area contributed by atoms with Crippen LogP contribution in [0.25, 0.3) is 11.3 Å². The van der Waals surface area contributed by atoms with Gasteiger partial charge in [0, 0.05) is 42.3 Å². The quantitative estimate of drug-likeness (QED) is 0.916. The molecule has 2 aromatic heterocycles. The first-order valence-corrected chi connectivity index (χ1v) is 9.08. The van der Waals surface area contributed by atoms with Gasteiger partial charge < -0.3 is 14.6 Å². The summed E-state index contributed by atoms with van der Waals surface area (Å²) >= 11 is 1.63. The number of thiazole rings is 1. The van der Waals surface area contributed by atoms with E-state index in [2.05, 4.69) is 9.97 Å². The molecule has 3 heterocycles. The van der Waals surface area contributed by atoms with Crippen LogP contribution in [0.5, 0.6) is 0 Å². The summed E-state index contributed by atoms with van der Waals surface area (Å²) in [4.78, 5) is 22.6. The van der Waals surface area contributed by atoms with Crippen LogP contribution in [0.2, 0.25) is 0 Å². The molecular formula is C17H21N3O2S. The van der Waals surface area contributed by atoms with E-state index in [0.29, 0.717) is 17.7 Å². The third kappa shape index (κ3) is 3.19. The maximum Gasteiger partial charge on any atom is 0.270 e. The van der Waals surface area contributed by atoms with Gasteiger partial charge in [-0.3, -0.25) is 4.79 Å². The first kappa shape index (κ1) is 14.9. The molecule has 1 N–H and O–H groups in total. The third-order valence-corrected chi connectivity index (χ3v) is 5.33. The minimum Gasteiger partial charge on any atom is -0.381 e. The number of aromatic nitrogens is 2. The average Bonchev–Trinajstić information content (AvgIpc) is 2.99. The number of hydrogen-bond donors (Lipinski definition) is 1. The van der Waals surface area contributed by atoms with Crippen molar-refractivity contribution in [1.82, 2.24) is 14.9 Å². The summed E-state index contributed by atoms with van der Waals surface area (Å²) in [5, 5.41) is 3.07. The molecule has 6 heteroatoms. The topological polar surface area (TPSA) is 58.2 Å². The SMILES string of the molecule is Cc1nc(-c2c[nH]c(C(=O)N(CC3CCOC3)C3CC3)c2)cs1. The molecule has 1 aliphatic heterocycles. The Bertz CT molecular complexity index is 698. The van der Waals surface area contributed by atoms with Crippen molar-refractivity contribution in [3.8, 4) is 11.3 Å². The molecule has 0 aromatic carbocycles. The molecular weight excluding hydrogens is 310 g/mol. The van der Waals surface area contributed by atoms with Gasteiger partial charge in [-0.05, 0) is 32.3 Å². The average molecular weight is 331 g/mol. The maximum absolute atomic E-state index is 12.9. The fraction of sp³-hybridized carbons (Fsp3) is 0.529. The molecule has 1 atom stereocenters. The summed E-state index contributed by atoms with van der Waals surface area (Å²) in [7, 11) is 0. The molecule has 0 spiro atoms. The van der Waals surface area contributed by atoms with Gasteiger partial charge in [0.1, 0.15) is 5.69 Å². The molecule has 5 nitrogen and oxygen atoms in total. The predicted molar refractivity (Wildman–Crippen MR) is 89.6 cm³/mol. The number of aryl methyl sites for hydroxylation is 1. The molecule has 1 saturated heterocycles. The zero-order chi connectivity index (χ0) is 15.8. The lowest BCUT2D eigenvalue weighted by Gasteiger charge is -2.24. The summed E-state index contributed by atoms with van der Waals surface area (Å²) in [6.45, 7) is 4.41. The number of H-pyrrole nitrogens is 1. The monoisotopic (exact) mass is 331 g/mol. The summed E-state index contributed by atoms with van der Waals surface area (Å²) in [6, 6.07) is 2.34. The van der Waals surface area contributed by atoms with Crippen LogP contribution < -0.4 is 0 Å². The second-order valence-electron chi connectivity index (χ2n) is 6.47. The lowest BCUT2D eigenvalue weighted by atomic mass is 10.1. The van der Waals surface area contributed by atoms with E-state index >= 15 is 0 Å². The third-order valence-electron chi connectivity index (χ3n) is 4.56. The van der Waals surface area contributed by atoms with Gasteiger partial charge in [0.25, 0.3) is 5.91 Å². The van der Waals surface area contributed by atoms with E-state index < -0.39 is 0 Å². The standard InChI is InChI=1S/C17H21N3O2S/c1-11-19-16(10-23-11)13-6-15(18-7-13)17(21)20(14-2-3-14)8-12-4-5-22-9-12/h6-7,10,12,14,18H,2-5,8-9H2,1H3. The van der Waals surface area contributed by atoms with Gasteiger partial charge >= 0.3 is 0 Å². The second kappa shape index (κ2) is 6.09. The molecule has 1 aliphatic carbocycles. The van der Waals surface area contributed by atoms with Gasteiger partial charge in [-0.15, -0.1) is 11.3 Å². The summed E-state index contributed by atoms with van der Waals surface area (Å²) in [6.07, 6.45) is 5.19. The Kier molecular flexibility index (Phi) is 3.95. The number of nitrogens with one attached hydrogen (secondary N) is 1. The Morgan fingerprint density at radius 3 is 3.00 bits per heavy atom. The molecule has 4 rings (SSSR count). The molecule has 1 amide bonds. The van der Waals surface area contributed by atoms with Crippen LogP contribution in [0.3, 0.4) is 0 Å². The van der Waals surface area contributed by atoms with Crippen LogP contribution >= 0.6 is 11.3 Å². The van der Waals surface area contributed by atoms with Crippen molar-refractivity contribution in [3.05, 3.63) is 28.3 Å². The number of nitrogens with zero attached hydrogens (tertiary/aromatic N) is 2. The van der Waals surface area contributed by atoms with Gasteiger partial charge in [-0.1, -0.05) is 0 Å². The minimum absolute atomic E-state index is 0.109. The number of rotatable bonds is 5. The van der Waals surface area contributed by atoms with Crippen LogP contribution in [0.4, 0.5) is 0 Å². The number of carbonyl (C=O) groups is 1. The Morgan fingerprint density at radius 1 is 1.48 bits per heavy atom. The number of amides is 1. The van der Waals surface area contributed by atoms with Crippen molar-refractivity contribution < 1.29 is 9.53 Å². The Hall–Kier alpha value is -1.66. The molecule has 2 aromatic rings. The van der Waals surface area contributed by atoms with Crippen molar-refractivity contribution in [2.75, 3.05) is 19.8 Å². The first-order valence-electron chi connectivity index (χ1n) is 8.20. The van der Waals surface area contributed by atoms with Gasteiger partial charge in [-0.2, -0.15) is 0 Å². The van der Waals surface area contributed by atoms with Crippen molar-refractivity contribution in [1.29, 1.82) is 0 Å². The molecule has 0 radical (unpaired) electrons. The van der Waals surface area contributed by atoms with Crippen LogP contribution in [0.15, 0.2) is 17.6 Å². The Labute approximate surface area is 139 Å². The van der Waals surface area contributed by atoms with Crippen LogP contribution in [0, 0.1) is 12.8 Å². The zero-order valence-corrected chi connectivity index (χ0v) is 14.1. The molecule has 1 unspecified atom stereocenters. The molecule has 0 bridgehead atoms. The van der Waals surface area contributed by atoms with Gasteiger partial charge in [0.15, 0.2) is 0 Å². The highest BCUT2D eigenvalue weighted by Gasteiger charge is 2.35. The van der Waals surface area contributed by atoms with Crippen molar-refractivity contribution >= 4 is 17.2 Å². The first-order chi connectivity index (χ1) is 11.2. The fourth-order valence-electron chi connectivity index (χ4n) is 3.11. The Balaban J connectivity index is 1.51. The summed E-state index contributed by atoms with van der Waals surface area (Å²) in [5.41, 5.74) is 2.58. The molecule has 1 saturated carbocycles. The number of aromatic amines is 1. The normalized spacial score (nSPS) is 20.8. The van der Waals surface area contributed by atoms with E-state index in [1.807, 2.05) is 29.5 Å². The van der Waals surface area contributed by atoms with Crippen LogP contribution in [-0.2, 0) is 4.74 Å². The maximum atomic E-state index is 12.9. The summed E-state index contributed by atoms with van der Waals surface area (Å²) < 4.78 is 5.45. The largest absolute Gasteiger partial charge is 0.381 e. The fourth-order valence-corrected chi connectivity index (χ4v) is 3.73. The molecule has 2 aliphatic rings. The van der Waals surface area contributed by atoms with E-state index in [0.717, 1.165) is 55.3 Å². The summed E-state index contributed by atoms with van der Waals surface area (Å²) in [5.74, 6) is 0.591. The highest BCUT2D eigenvalue weighted by molar-refractivity contribution is 7.09. The van der Waals surface area contributed by atoms with Gasteiger partial charge in [0.2, 0.25) is 0 Å². The number of hydrogen-bond acceptors (Lipinski definition) is 4. The molecule has 23 heavy (non-hydrogen) atoms. The second-order valence-corrected chi connectivity index (χ2v) is 7.53. The van der Waals surface area contributed by atoms with Crippen LogP contribution in [0.1, 0.15) is 34.8 Å². The van der Waals surface area contributed by atoms with Gasteiger partial charge in [0.05, 0.1) is 17.3 Å². The van der Waals surface area contributed by atoms with Crippen molar-refractivity contribution in [3.63, 3.8) is 0 Å². The van der Waals surface area contributed by atoms with E-state index in [4.69, 9.17) is 4.74 Å². The smallest absolute Gasteiger partial charge is 0.270 e. The van der Waals surface area contributed by atoms with E-state index in [9.17, 15) is 4.79 Å². The van der Waals surface area contributed by atoms with Crippen molar-refractivity contribution in [2.24, 2.45) is 5.92 Å². The van der Waals surface area contributed by atoms with Crippen LogP contribution in [-0.4, -0.2) is 46.6 Å². The Morgan fingerprint density at radius 2 is 2.35 bits per heavy atom. The number of carbonyl (C=O) groups excluding carboxylic acids is 1. The minimum atomic E-state index is 0.109. The van der Waals surface area contributed by atoms with E-state index in [1.54, 1.807) is 11.3 Å². The number of ether oxygens (including phenoxy) is 1. The lowest BCUT2D eigenvalue weighted by Crippen LogP contribution is -2.37. The van der Waals surface area contributed by atoms with E-state index in [-0.39, 0.29) is 5.91 Å². The highest BCUT2D eigenvalue weighted by atomic mass is 32.1.